The molecule has 4 atom stereocenters. The van der Waals surface area contributed by atoms with Crippen molar-refractivity contribution in [2.45, 2.75) is 19.0 Å². The summed E-state index contributed by atoms with van der Waals surface area (Å²) in [5.41, 5.74) is 0.918. The molecular formula is C23H18ClN5O5. The van der Waals surface area contributed by atoms with E-state index in [-0.39, 0.29) is 11.4 Å². The van der Waals surface area contributed by atoms with Gasteiger partial charge in [-0.3, -0.25) is 29.5 Å². The first-order valence-electron chi connectivity index (χ1n) is 10.5. The summed E-state index contributed by atoms with van der Waals surface area (Å²) in [7, 11) is 0. The molecule has 0 radical (unpaired) electrons. The summed E-state index contributed by atoms with van der Waals surface area (Å²) in [5.74, 6) is -3.47. The number of nitrogens with zero attached hydrogens (tertiary/aromatic N) is 4. The number of nitrogens with one attached hydrogen (secondary N) is 1. The number of nitro benzene ring substituents is 1. The van der Waals surface area contributed by atoms with Gasteiger partial charge in [-0.15, -0.1) is 0 Å². The summed E-state index contributed by atoms with van der Waals surface area (Å²) in [6, 6.07) is 8.86. The van der Waals surface area contributed by atoms with Crippen LogP contribution in [0.25, 0.3) is 0 Å². The zero-order valence-corrected chi connectivity index (χ0v) is 18.5. The molecule has 2 aromatic carbocycles. The van der Waals surface area contributed by atoms with Crippen LogP contribution in [0.3, 0.4) is 0 Å². The lowest BCUT2D eigenvalue weighted by molar-refractivity contribution is -0.384. The number of amides is 3. The zero-order chi connectivity index (χ0) is 24.1. The van der Waals surface area contributed by atoms with E-state index in [0.29, 0.717) is 16.3 Å². The number of hydrogen-bond donors (Lipinski definition) is 1. The molecule has 5 rings (SSSR count). The average molecular weight is 480 g/mol. The molecule has 172 valence electrons. The van der Waals surface area contributed by atoms with Gasteiger partial charge in [-0.05, 0) is 42.8 Å². The van der Waals surface area contributed by atoms with Gasteiger partial charge in [0.15, 0.2) is 0 Å². The van der Waals surface area contributed by atoms with E-state index >= 15 is 0 Å². The number of allylic oxidation sites excluding steroid dienone is 1. The summed E-state index contributed by atoms with van der Waals surface area (Å²) in [4.78, 5) is 52.2. The predicted molar refractivity (Wildman–Crippen MR) is 124 cm³/mol. The van der Waals surface area contributed by atoms with E-state index in [1.165, 1.54) is 29.4 Å². The highest BCUT2D eigenvalue weighted by Crippen LogP contribution is 2.46. The van der Waals surface area contributed by atoms with Gasteiger partial charge in [-0.2, -0.15) is 5.10 Å². The molecule has 2 aromatic rings. The Kier molecular flexibility index (Phi) is 5.17. The van der Waals surface area contributed by atoms with E-state index in [1.54, 1.807) is 43.3 Å². The fraction of sp³-hybridized carbons (Fsp3) is 0.217. The van der Waals surface area contributed by atoms with Crippen molar-refractivity contribution >= 4 is 52.6 Å². The second-order valence-electron chi connectivity index (χ2n) is 8.25. The zero-order valence-electron chi connectivity index (χ0n) is 17.8. The van der Waals surface area contributed by atoms with Crippen molar-refractivity contribution < 1.29 is 19.3 Å². The third-order valence-corrected chi connectivity index (χ3v) is 6.57. The SMILES string of the molecule is Cc1ccc([N+](=O)[O-])cc1N1C(=O)[C@@H]2[C@H](C1=O)[C@H](C(=O)Nc1ccc(Cl)cc1)N1N=CC=C[C@H]21. The van der Waals surface area contributed by atoms with Crippen molar-refractivity contribution in [2.24, 2.45) is 16.9 Å². The normalized spacial score (nSPS) is 24.9. The maximum atomic E-state index is 13.6. The molecule has 11 heteroatoms. The minimum Gasteiger partial charge on any atom is -0.324 e. The molecule has 2 saturated heterocycles. The van der Waals surface area contributed by atoms with Crippen molar-refractivity contribution in [1.82, 2.24) is 5.01 Å². The molecule has 0 bridgehead atoms. The first-order valence-corrected chi connectivity index (χ1v) is 10.8. The minimum absolute atomic E-state index is 0.144. The highest BCUT2D eigenvalue weighted by molar-refractivity contribution is 6.30. The van der Waals surface area contributed by atoms with Gasteiger partial charge in [0.25, 0.3) is 5.69 Å². The van der Waals surface area contributed by atoms with E-state index in [2.05, 4.69) is 10.4 Å². The van der Waals surface area contributed by atoms with Gasteiger partial charge < -0.3 is 5.32 Å². The Bertz CT molecular complexity index is 1290. The van der Waals surface area contributed by atoms with Gasteiger partial charge in [0.2, 0.25) is 17.7 Å². The molecule has 0 saturated carbocycles. The average Bonchev–Trinajstić information content (AvgIpc) is 3.28. The molecular weight excluding hydrogens is 462 g/mol. The lowest BCUT2D eigenvalue weighted by atomic mass is 9.88. The van der Waals surface area contributed by atoms with Gasteiger partial charge in [0, 0.05) is 29.1 Å². The molecule has 0 spiro atoms. The molecule has 0 aromatic heterocycles. The molecule has 3 heterocycles. The van der Waals surface area contributed by atoms with Crippen LogP contribution in [0.5, 0.6) is 0 Å². The molecule has 34 heavy (non-hydrogen) atoms. The van der Waals surface area contributed by atoms with Crippen LogP contribution in [0.2, 0.25) is 5.02 Å². The number of rotatable bonds is 4. The Morgan fingerprint density at radius 1 is 1.12 bits per heavy atom. The van der Waals surface area contributed by atoms with Crippen LogP contribution in [0.1, 0.15) is 5.56 Å². The van der Waals surface area contributed by atoms with Crippen molar-refractivity contribution in [3.8, 4) is 0 Å². The van der Waals surface area contributed by atoms with Gasteiger partial charge >= 0.3 is 0 Å². The van der Waals surface area contributed by atoms with Gasteiger partial charge in [-0.25, -0.2) is 4.90 Å². The summed E-state index contributed by atoms with van der Waals surface area (Å²) < 4.78 is 0. The number of hydrazone groups is 1. The Morgan fingerprint density at radius 2 is 1.82 bits per heavy atom. The van der Waals surface area contributed by atoms with Crippen LogP contribution in [-0.2, 0) is 14.4 Å². The number of hydrogen-bond acceptors (Lipinski definition) is 7. The number of halogens is 1. The van der Waals surface area contributed by atoms with E-state index in [4.69, 9.17) is 11.6 Å². The van der Waals surface area contributed by atoms with Gasteiger partial charge in [0.1, 0.15) is 6.04 Å². The first kappa shape index (κ1) is 21.8. The molecule has 3 aliphatic rings. The Balaban J connectivity index is 1.53. The highest BCUT2D eigenvalue weighted by atomic mass is 35.5. The number of fused-ring (bicyclic) bond motifs is 3. The number of carbonyl (C=O) groups is 3. The third-order valence-electron chi connectivity index (χ3n) is 6.32. The molecule has 3 amide bonds. The molecule has 0 aliphatic carbocycles. The van der Waals surface area contributed by atoms with E-state index in [0.717, 1.165) is 4.90 Å². The van der Waals surface area contributed by atoms with Crippen LogP contribution in [-0.4, -0.2) is 46.0 Å². The quantitative estimate of drug-likeness (QED) is 0.408. The van der Waals surface area contributed by atoms with Crippen molar-refractivity contribution in [1.29, 1.82) is 0 Å². The number of carbonyl (C=O) groups excluding carboxylic acids is 3. The monoisotopic (exact) mass is 479 g/mol. The fourth-order valence-corrected chi connectivity index (χ4v) is 4.90. The Hall–Kier alpha value is -4.05. The number of anilines is 2. The Morgan fingerprint density at radius 3 is 2.53 bits per heavy atom. The highest BCUT2D eigenvalue weighted by Gasteiger charge is 2.64. The number of aryl methyl sites for hydroxylation is 1. The van der Waals surface area contributed by atoms with Crippen molar-refractivity contribution in [2.75, 3.05) is 10.2 Å². The van der Waals surface area contributed by atoms with Gasteiger partial charge in [0.05, 0.1) is 28.5 Å². The first-order chi connectivity index (χ1) is 16.3. The fourth-order valence-electron chi connectivity index (χ4n) is 4.78. The lowest BCUT2D eigenvalue weighted by Gasteiger charge is -2.30. The number of benzene rings is 2. The minimum atomic E-state index is -1.05. The van der Waals surface area contributed by atoms with Gasteiger partial charge in [-0.1, -0.05) is 23.7 Å². The second kappa shape index (κ2) is 8.07. The van der Waals surface area contributed by atoms with Crippen LogP contribution in [0.4, 0.5) is 17.1 Å². The van der Waals surface area contributed by atoms with E-state index < -0.39 is 46.6 Å². The molecule has 10 nitrogen and oxygen atoms in total. The Labute approximate surface area is 198 Å². The van der Waals surface area contributed by atoms with Crippen LogP contribution in [0.15, 0.2) is 59.7 Å². The van der Waals surface area contributed by atoms with E-state index in [9.17, 15) is 24.5 Å². The maximum absolute atomic E-state index is 13.6. The molecule has 3 aliphatic heterocycles. The smallest absolute Gasteiger partial charge is 0.271 e. The van der Waals surface area contributed by atoms with Crippen molar-refractivity contribution in [3.05, 3.63) is 75.3 Å². The number of nitro groups is 1. The second-order valence-corrected chi connectivity index (χ2v) is 8.69. The third kappa shape index (κ3) is 3.34. The van der Waals surface area contributed by atoms with Crippen LogP contribution >= 0.6 is 11.6 Å². The maximum Gasteiger partial charge on any atom is 0.271 e. The molecule has 0 unspecified atom stereocenters. The van der Waals surface area contributed by atoms with E-state index in [1.807, 2.05) is 0 Å². The summed E-state index contributed by atoms with van der Waals surface area (Å²) in [6.07, 6.45) is 4.89. The lowest BCUT2D eigenvalue weighted by Crippen LogP contribution is -2.47. The summed E-state index contributed by atoms with van der Waals surface area (Å²) in [6.45, 7) is 1.66. The molecule has 2 fully saturated rings. The largest absolute Gasteiger partial charge is 0.324 e. The predicted octanol–water partition coefficient (Wildman–Crippen LogP) is 2.91. The summed E-state index contributed by atoms with van der Waals surface area (Å²) in [5, 5.41) is 20.3. The molecule has 1 N–H and O–H groups in total. The van der Waals surface area contributed by atoms with Crippen LogP contribution in [0, 0.1) is 28.9 Å². The number of non-ortho nitro benzene ring substituents is 1. The number of imide groups is 1. The van der Waals surface area contributed by atoms with Crippen LogP contribution < -0.4 is 10.2 Å². The topological polar surface area (TPSA) is 125 Å². The standard InChI is InChI=1S/C23H18ClN5O5/c1-12-4-9-15(29(33)34)11-17(12)27-22(31)18-16-3-2-10-25-28(16)20(19(18)23(27)32)21(30)26-14-7-5-13(24)6-8-14/h2-11,16,18-20H,1H3,(H,26,30)/t16-,18+,19+,20-/m1/s1. The van der Waals surface area contributed by atoms with Crippen molar-refractivity contribution in [3.63, 3.8) is 0 Å². The summed E-state index contributed by atoms with van der Waals surface area (Å²) >= 11 is 5.91.